The van der Waals surface area contributed by atoms with Gasteiger partial charge in [-0.15, -0.1) is 0 Å². The molecule has 1 amide bonds. The lowest BCUT2D eigenvalue weighted by molar-refractivity contribution is -0.117. The average molecular weight is 195 g/mol. The minimum atomic E-state index is -3.42. The van der Waals surface area contributed by atoms with Gasteiger partial charge >= 0.3 is 0 Å². The highest BCUT2D eigenvalue weighted by molar-refractivity contribution is 7.87. The summed E-state index contributed by atoms with van der Waals surface area (Å²) in [6.07, 6.45) is 0.00701. The molecule has 0 saturated carbocycles. The van der Waals surface area contributed by atoms with Gasteiger partial charge in [0.15, 0.2) is 0 Å². The number of rotatable bonds is 5. The fourth-order valence-corrected chi connectivity index (χ4v) is 1.05. The molecule has 0 atom stereocenters. The normalized spacial score (nSPS) is 11.9. The van der Waals surface area contributed by atoms with Crippen molar-refractivity contribution in [3.8, 4) is 0 Å². The molecule has 0 aliphatic carbocycles. The molecule has 0 aliphatic rings. The Morgan fingerprint density at radius 3 is 2.33 bits per heavy atom. The number of nitrogens with zero attached hydrogens (tertiary/aromatic N) is 1. The number of nitrogens with one attached hydrogen (secondary N) is 1. The molecule has 72 valence electrons. The molecule has 0 aromatic rings. The quantitative estimate of drug-likeness (QED) is 0.545. The van der Waals surface area contributed by atoms with E-state index in [1.807, 2.05) is 0 Å². The lowest BCUT2D eigenvalue weighted by atomic mass is 10.4. The first-order valence-corrected chi connectivity index (χ1v) is 4.75. The van der Waals surface area contributed by atoms with Crippen molar-refractivity contribution in [3.05, 3.63) is 0 Å². The van der Waals surface area contributed by atoms with E-state index in [2.05, 4.69) is 4.72 Å². The van der Waals surface area contributed by atoms with E-state index in [1.165, 1.54) is 14.1 Å². The first kappa shape index (κ1) is 11.3. The van der Waals surface area contributed by atoms with E-state index in [4.69, 9.17) is 5.73 Å². The second kappa shape index (κ2) is 4.39. The highest BCUT2D eigenvalue weighted by atomic mass is 32.2. The van der Waals surface area contributed by atoms with Crippen LogP contribution in [0.15, 0.2) is 0 Å². The molecule has 0 aromatic heterocycles. The van der Waals surface area contributed by atoms with Crippen LogP contribution < -0.4 is 10.5 Å². The molecule has 0 heterocycles. The van der Waals surface area contributed by atoms with Crippen LogP contribution in [-0.2, 0) is 15.0 Å². The van der Waals surface area contributed by atoms with Crippen LogP contribution in [0.25, 0.3) is 0 Å². The van der Waals surface area contributed by atoms with Crippen LogP contribution in [0.1, 0.15) is 6.42 Å². The van der Waals surface area contributed by atoms with E-state index in [0.717, 1.165) is 4.31 Å². The minimum Gasteiger partial charge on any atom is -0.370 e. The van der Waals surface area contributed by atoms with Crippen molar-refractivity contribution in [1.29, 1.82) is 0 Å². The summed E-state index contributed by atoms with van der Waals surface area (Å²) in [6.45, 7) is 0.0375. The van der Waals surface area contributed by atoms with Crippen LogP contribution in [0, 0.1) is 0 Å². The highest BCUT2D eigenvalue weighted by Gasteiger charge is 2.11. The topological polar surface area (TPSA) is 92.5 Å². The molecule has 7 heteroatoms. The Morgan fingerprint density at radius 1 is 1.50 bits per heavy atom. The Balaban J connectivity index is 3.86. The SMILES string of the molecule is CN(C)S(=O)(=O)NCCC(N)=O. The zero-order valence-corrected chi connectivity index (χ0v) is 7.89. The molecular formula is C5H13N3O3S. The van der Waals surface area contributed by atoms with Crippen molar-refractivity contribution in [1.82, 2.24) is 9.03 Å². The molecule has 0 rings (SSSR count). The van der Waals surface area contributed by atoms with Gasteiger partial charge in [0.2, 0.25) is 5.91 Å². The second-order valence-electron chi connectivity index (χ2n) is 2.40. The van der Waals surface area contributed by atoms with E-state index in [1.54, 1.807) is 0 Å². The van der Waals surface area contributed by atoms with Crippen LogP contribution >= 0.6 is 0 Å². The van der Waals surface area contributed by atoms with Crippen LogP contribution in [-0.4, -0.2) is 39.3 Å². The molecule has 3 N–H and O–H groups in total. The average Bonchev–Trinajstić information content (AvgIpc) is 1.85. The number of nitrogens with two attached hydrogens (primary N) is 1. The van der Waals surface area contributed by atoms with Crippen LogP contribution in [0.4, 0.5) is 0 Å². The summed E-state index contributed by atoms with van der Waals surface area (Å²) in [7, 11) is -0.627. The van der Waals surface area contributed by atoms with E-state index in [0.29, 0.717) is 0 Å². The molecule has 0 spiro atoms. The maximum atomic E-state index is 11.0. The van der Waals surface area contributed by atoms with E-state index >= 15 is 0 Å². The monoisotopic (exact) mass is 195 g/mol. The molecule has 0 aliphatic heterocycles. The van der Waals surface area contributed by atoms with Gasteiger partial charge in [0.25, 0.3) is 10.2 Å². The molecule has 0 bridgehead atoms. The Kier molecular flexibility index (Phi) is 4.15. The molecule has 0 aromatic carbocycles. The van der Waals surface area contributed by atoms with Gasteiger partial charge in [-0.05, 0) is 0 Å². The molecule has 0 saturated heterocycles. The lowest BCUT2D eigenvalue weighted by Gasteiger charge is -2.11. The number of primary amides is 1. The van der Waals surface area contributed by atoms with Gasteiger partial charge in [-0.1, -0.05) is 0 Å². The summed E-state index contributed by atoms with van der Waals surface area (Å²) < 4.78 is 25.2. The molecule has 0 unspecified atom stereocenters. The fourth-order valence-electron chi connectivity index (χ4n) is 0.432. The predicted molar refractivity (Wildman–Crippen MR) is 44.4 cm³/mol. The largest absolute Gasteiger partial charge is 0.370 e. The Labute approximate surface area is 71.9 Å². The summed E-state index contributed by atoms with van der Waals surface area (Å²) in [4.78, 5) is 10.2. The van der Waals surface area contributed by atoms with Crippen molar-refractivity contribution >= 4 is 16.1 Å². The maximum Gasteiger partial charge on any atom is 0.278 e. The number of hydrogen-bond donors (Lipinski definition) is 2. The molecule has 12 heavy (non-hydrogen) atoms. The number of carbonyl (C=O) groups is 1. The second-order valence-corrected chi connectivity index (χ2v) is 4.37. The predicted octanol–water partition coefficient (Wildman–Crippen LogP) is -1.74. The van der Waals surface area contributed by atoms with Gasteiger partial charge in [-0.25, -0.2) is 4.72 Å². The summed E-state index contributed by atoms with van der Waals surface area (Å²) in [6, 6.07) is 0. The van der Waals surface area contributed by atoms with Crippen LogP contribution in [0.3, 0.4) is 0 Å². The third kappa shape index (κ3) is 4.27. The zero-order chi connectivity index (χ0) is 9.78. The summed E-state index contributed by atoms with van der Waals surface area (Å²) in [5.74, 6) is -0.531. The molecule has 0 fully saturated rings. The first-order chi connectivity index (χ1) is 5.36. The van der Waals surface area contributed by atoms with Crippen molar-refractivity contribution in [2.75, 3.05) is 20.6 Å². The van der Waals surface area contributed by atoms with E-state index < -0.39 is 16.1 Å². The van der Waals surface area contributed by atoms with Crippen molar-refractivity contribution in [2.24, 2.45) is 5.73 Å². The Bertz CT molecular complexity index is 247. The summed E-state index contributed by atoms with van der Waals surface area (Å²) >= 11 is 0. The number of hydrogen-bond acceptors (Lipinski definition) is 3. The van der Waals surface area contributed by atoms with E-state index in [9.17, 15) is 13.2 Å². The van der Waals surface area contributed by atoms with Gasteiger partial charge < -0.3 is 5.73 Å². The lowest BCUT2D eigenvalue weighted by Crippen LogP contribution is -2.37. The summed E-state index contributed by atoms with van der Waals surface area (Å²) in [5.41, 5.74) is 4.81. The Morgan fingerprint density at radius 2 is 2.00 bits per heavy atom. The maximum absolute atomic E-state index is 11.0. The third-order valence-electron chi connectivity index (χ3n) is 1.14. The van der Waals surface area contributed by atoms with Crippen molar-refractivity contribution < 1.29 is 13.2 Å². The van der Waals surface area contributed by atoms with E-state index in [-0.39, 0.29) is 13.0 Å². The van der Waals surface area contributed by atoms with Crippen molar-refractivity contribution in [3.63, 3.8) is 0 Å². The number of carbonyl (C=O) groups excluding carboxylic acids is 1. The molecule has 0 radical (unpaired) electrons. The summed E-state index contributed by atoms with van der Waals surface area (Å²) in [5, 5.41) is 0. The van der Waals surface area contributed by atoms with Gasteiger partial charge in [0.1, 0.15) is 0 Å². The minimum absolute atomic E-state index is 0.00701. The van der Waals surface area contributed by atoms with Crippen LogP contribution in [0.2, 0.25) is 0 Å². The standard InChI is InChI=1S/C5H13N3O3S/c1-8(2)12(10,11)7-4-3-5(6)9/h7H,3-4H2,1-2H3,(H2,6,9). The third-order valence-corrected chi connectivity index (χ3v) is 2.67. The molecule has 6 nitrogen and oxygen atoms in total. The van der Waals surface area contributed by atoms with Gasteiger partial charge in [0, 0.05) is 27.1 Å². The fraction of sp³-hybridized carbons (Fsp3) is 0.800. The van der Waals surface area contributed by atoms with Gasteiger partial charge in [-0.3, -0.25) is 4.79 Å². The Hall–Kier alpha value is -0.660. The van der Waals surface area contributed by atoms with Crippen LogP contribution in [0.5, 0.6) is 0 Å². The smallest absolute Gasteiger partial charge is 0.278 e. The zero-order valence-electron chi connectivity index (χ0n) is 7.07. The van der Waals surface area contributed by atoms with Crippen molar-refractivity contribution in [2.45, 2.75) is 6.42 Å². The highest BCUT2D eigenvalue weighted by Crippen LogP contribution is 1.87. The first-order valence-electron chi connectivity index (χ1n) is 3.31. The molecular weight excluding hydrogens is 182 g/mol. The van der Waals surface area contributed by atoms with Gasteiger partial charge in [-0.2, -0.15) is 12.7 Å². The van der Waals surface area contributed by atoms with Gasteiger partial charge in [0.05, 0.1) is 0 Å². The number of amides is 1.